The lowest BCUT2D eigenvalue weighted by molar-refractivity contribution is 0.843. The number of aryl methyl sites for hydroxylation is 1. The molecule has 0 fully saturated rings. The van der Waals surface area contributed by atoms with Crippen molar-refractivity contribution in [3.63, 3.8) is 0 Å². The highest BCUT2D eigenvalue weighted by molar-refractivity contribution is 5.84. The summed E-state index contributed by atoms with van der Waals surface area (Å²) in [6, 6.07) is 16.8. The Morgan fingerprint density at radius 1 is 1.00 bits per heavy atom. The van der Waals surface area contributed by atoms with Gasteiger partial charge in [-0.15, -0.1) is 0 Å². The van der Waals surface area contributed by atoms with Gasteiger partial charge in [-0.3, -0.25) is 5.01 Å². The maximum absolute atomic E-state index is 4.48. The van der Waals surface area contributed by atoms with E-state index in [0.29, 0.717) is 0 Å². The second-order valence-corrected chi connectivity index (χ2v) is 4.34. The van der Waals surface area contributed by atoms with E-state index in [0.717, 1.165) is 12.2 Å². The fraction of sp³-hybridized carbons (Fsp3) is 0.133. The van der Waals surface area contributed by atoms with E-state index in [4.69, 9.17) is 0 Å². The predicted octanol–water partition coefficient (Wildman–Crippen LogP) is 3.35. The van der Waals surface area contributed by atoms with E-state index in [9.17, 15) is 0 Å². The van der Waals surface area contributed by atoms with Gasteiger partial charge >= 0.3 is 0 Å². The number of rotatable bonds is 1. The van der Waals surface area contributed by atoms with Crippen LogP contribution in [0, 0.1) is 6.92 Å². The van der Waals surface area contributed by atoms with Gasteiger partial charge in [-0.25, -0.2) is 0 Å². The van der Waals surface area contributed by atoms with E-state index in [2.05, 4.69) is 54.5 Å². The molecule has 0 aliphatic carbocycles. The van der Waals surface area contributed by atoms with Crippen LogP contribution in [0.25, 0.3) is 0 Å². The van der Waals surface area contributed by atoms with Crippen LogP contribution < -0.4 is 5.01 Å². The summed E-state index contributed by atoms with van der Waals surface area (Å²) in [7, 11) is 0. The first-order valence-corrected chi connectivity index (χ1v) is 5.79. The molecule has 2 nitrogen and oxygen atoms in total. The molecule has 0 radical (unpaired) electrons. The lowest BCUT2D eigenvalue weighted by Crippen LogP contribution is -2.20. The number of hydrogen-bond acceptors (Lipinski definition) is 2. The van der Waals surface area contributed by atoms with Gasteiger partial charge in [0.25, 0.3) is 0 Å². The van der Waals surface area contributed by atoms with Crippen LogP contribution in [0.4, 0.5) is 5.69 Å². The molecule has 0 aromatic heterocycles. The Labute approximate surface area is 101 Å². The summed E-state index contributed by atoms with van der Waals surface area (Å²) in [5, 5.41) is 6.51. The quantitative estimate of drug-likeness (QED) is 0.722. The van der Waals surface area contributed by atoms with E-state index in [1.807, 2.05) is 17.3 Å². The molecular formula is C15H14N2. The van der Waals surface area contributed by atoms with Gasteiger partial charge in [0.1, 0.15) is 0 Å². The molecule has 0 unspecified atom stereocenters. The molecule has 2 aromatic carbocycles. The van der Waals surface area contributed by atoms with Crippen molar-refractivity contribution in [3.8, 4) is 0 Å². The molecule has 1 aliphatic rings. The maximum Gasteiger partial charge on any atom is 0.0672 e. The molecule has 1 aliphatic heterocycles. The van der Waals surface area contributed by atoms with E-state index >= 15 is 0 Å². The highest BCUT2D eigenvalue weighted by Gasteiger charge is 2.12. The van der Waals surface area contributed by atoms with Crippen LogP contribution >= 0.6 is 0 Å². The van der Waals surface area contributed by atoms with Crippen LogP contribution in [0.15, 0.2) is 53.6 Å². The van der Waals surface area contributed by atoms with Crippen LogP contribution in [-0.2, 0) is 6.54 Å². The molecule has 0 bridgehead atoms. The average Bonchev–Trinajstić information content (AvgIpc) is 2.39. The van der Waals surface area contributed by atoms with Crippen molar-refractivity contribution < 1.29 is 0 Å². The van der Waals surface area contributed by atoms with Crippen molar-refractivity contribution in [2.75, 3.05) is 5.01 Å². The SMILES string of the molecule is Cc1ccc(N2Cc3ccccc3C=N2)cc1. The molecule has 0 atom stereocenters. The van der Waals surface area contributed by atoms with Gasteiger partial charge < -0.3 is 0 Å². The largest absolute Gasteiger partial charge is 0.261 e. The topological polar surface area (TPSA) is 15.6 Å². The first-order chi connectivity index (χ1) is 8.33. The monoisotopic (exact) mass is 222 g/mol. The fourth-order valence-electron chi connectivity index (χ4n) is 2.01. The zero-order valence-corrected chi connectivity index (χ0v) is 9.80. The van der Waals surface area contributed by atoms with Crippen molar-refractivity contribution >= 4 is 11.9 Å². The summed E-state index contributed by atoms with van der Waals surface area (Å²) in [6.07, 6.45) is 1.93. The van der Waals surface area contributed by atoms with E-state index in [1.165, 1.54) is 16.7 Å². The first kappa shape index (κ1) is 10.1. The van der Waals surface area contributed by atoms with Gasteiger partial charge in [0.2, 0.25) is 0 Å². The van der Waals surface area contributed by atoms with E-state index < -0.39 is 0 Å². The highest BCUT2D eigenvalue weighted by Crippen LogP contribution is 2.22. The number of fused-ring (bicyclic) bond motifs is 1. The molecule has 1 heterocycles. The van der Waals surface area contributed by atoms with Crippen molar-refractivity contribution in [2.24, 2.45) is 5.10 Å². The third-order valence-electron chi connectivity index (χ3n) is 3.04. The predicted molar refractivity (Wildman–Crippen MR) is 71.4 cm³/mol. The van der Waals surface area contributed by atoms with Crippen molar-refractivity contribution in [1.82, 2.24) is 0 Å². The van der Waals surface area contributed by atoms with Gasteiger partial charge in [0.05, 0.1) is 18.4 Å². The number of nitrogens with zero attached hydrogens (tertiary/aromatic N) is 2. The first-order valence-electron chi connectivity index (χ1n) is 5.79. The molecular weight excluding hydrogens is 208 g/mol. The molecule has 0 saturated heterocycles. The second kappa shape index (κ2) is 4.06. The Morgan fingerprint density at radius 3 is 2.59 bits per heavy atom. The molecule has 2 heteroatoms. The molecule has 2 aromatic rings. The minimum absolute atomic E-state index is 0.843. The summed E-state index contributed by atoms with van der Waals surface area (Å²) < 4.78 is 0. The third-order valence-corrected chi connectivity index (χ3v) is 3.04. The lowest BCUT2D eigenvalue weighted by atomic mass is 10.1. The van der Waals surface area contributed by atoms with Crippen LogP contribution in [0.2, 0.25) is 0 Å². The zero-order valence-electron chi connectivity index (χ0n) is 9.80. The van der Waals surface area contributed by atoms with Gasteiger partial charge in [-0.1, -0.05) is 42.0 Å². The average molecular weight is 222 g/mol. The van der Waals surface area contributed by atoms with Crippen molar-refractivity contribution in [3.05, 3.63) is 65.2 Å². The molecule has 84 valence electrons. The van der Waals surface area contributed by atoms with Crippen LogP contribution in [0.1, 0.15) is 16.7 Å². The van der Waals surface area contributed by atoms with Crippen LogP contribution in [-0.4, -0.2) is 6.21 Å². The normalized spacial score (nSPS) is 13.6. The van der Waals surface area contributed by atoms with Crippen LogP contribution in [0.3, 0.4) is 0 Å². The molecule has 0 saturated carbocycles. The molecule has 17 heavy (non-hydrogen) atoms. The van der Waals surface area contributed by atoms with E-state index in [1.54, 1.807) is 0 Å². The Morgan fingerprint density at radius 2 is 1.76 bits per heavy atom. The Bertz CT molecular complexity index is 555. The van der Waals surface area contributed by atoms with Gasteiger partial charge in [-0.2, -0.15) is 5.10 Å². The van der Waals surface area contributed by atoms with E-state index in [-0.39, 0.29) is 0 Å². The number of hydrazone groups is 1. The minimum atomic E-state index is 0.843. The number of anilines is 1. The van der Waals surface area contributed by atoms with Gasteiger partial charge in [-0.05, 0) is 30.2 Å². The maximum atomic E-state index is 4.48. The second-order valence-electron chi connectivity index (χ2n) is 4.34. The Hall–Kier alpha value is -2.09. The summed E-state index contributed by atoms with van der Waals surface area (Å²) in [5.74, 6) is 0. The summed E-state index contributed by atoms with van der Waals surface area (Å²) in [4.78, 5) is 0. The minimum Gasteiger partial charge on any atom is -0.261 e. The highest BCUT2D eigenvalue weighted by atomic mass is 15.5. The summed E-state index contributed by atoms with van der Waals surface area (Å²) in [5.41, 5.74) is 4.95. The smallest absolute Gasteiger partial charge is 0.0672 e. The van der Waals surface area contributed by atoms with Crippen molar-refractivity contribution in [2.45, 2.75) is 13.5 Å². The summed E-state index contributed by atoms with van der Waals surface area (Å²) >= 11 is 0. The molecule has 3 rings (SSSR count). The third kappa shape index (κ3) is 1.94. The Kier molecular flexibility index (Phi) is 2.41. The summed E-state index contributed by atoms with van der Waals surface area (Å²) in [6.45, 7) is 2.94. The standard InChI is InChI=1S/C15H14N2/c1-12-6-8-15(9-7-12)17-11-14-5-3-2-4-13(14)10-16-17/h2-10H,11H2,1H3. The molecule has 0 amide bonds. The number of benzene rings is 2. The Balaban J connectivity index is 1.92. The molecule has 0 spiro atoms. The zero-order chi connectivity index (χ0) is 11.7. The van der Waals surface area contributed by atoms with Gasteiger partial charge in [0.15, 0.2) is 0 Å². The number of hydrogen-bond donors (Lipinski definition) is 0. The van der Waals surface area contributed by atoms with Gasteiger partial charge in [0, 0.05) is 0 Å². The molecule has 0 N–H and O–H groups in total. The lowest BCUT2D eigenvalue weighted by Gasteiger charge is -2.23. The van der Waals surface area contributed by atoms with Crippen LogP contribution in [0.5, 0.6) is 0 Å². The fourth-order valence-corrected chi connectivity index (χ4v) is 2.01. The van der Waals surface area contributed by atoms with Crippen molar-refractivity contribution in [1.29, 1.82) is 0 Å².